The van der Waals surface area contributed by atoms with Crippen LogP contribution in [0.15, 0.2) is 0 Å². The Hall–Kier alpha value is 0.380. The van der Waals surface area contributed by atoms with E-state index in [1.54, 1.807) is 7.05 Å². The maximum absolute atomic E-state index is 10.3. The topological polar surface area (TPSA) is 96.5 Å². The summed E-state index contributed by atoms with van der Waals surface area (Å²) in [5.74, 6) is 0. The largest absolute Gasteiger partial charge is 0.789 e. The molecule has 92 valence electrons. The third-order valence-corrected chi connectivity index (χ3v) is 3.54. The van der Waals surface area contributed by atoms with Crippen molar-refractivity contribution in [2.45, 2.75) is 38.2 Å². The molecule has 0 aliphatic carbocycles. The van der Waals surface area contributed by atoms with Gasteiger partial charge in [-0.25, -0.2) is 0 Å². The van der Waals surface area contributed by atoms with Crippen molar-refractivity contribution in [3.05, 3.63) is 0 Å². The van der Waals surface area contributed by atoms with Crippen molar-refractivity contribution in [3.8, 4) is 0 Å². The molecule has 0 saturated carbocycles. The molecule has 2 atom stereocenters. The predicted molar refractivity (Wildman–Crippen MR) is 56.6 cm³/mol. The fourth-order valence-electron chi connectivity index (χ4n) is 0.948. The molecule has 6 nitrogen and oxygen atoms in total. The average molecular weight is 256 g/mol. The Labute approximate surface area is 94.6 Å². The first-order valence-corrected chi connectivity index (χ1v) is 6.99. The molecule has 0 heterocycles. The lowest BCUT2D eigenvalue weighted by Crippen LogP contribution is -2.44. The SMILES string of the molecule is CCC(NC)NC(CC)SOP(=O)([O-])[O-]. The Kier molecular flexibility index (Phi) is 7.81. The Balaban J connectivity index is 3.97. The normalized spacial score (nSPS) is 16.3. The molecule has 2 unspecified atom stereocenters. The Bertz CT molecular complexity index is 209. The summed E-state index contributed by atoms with van der Waals surface area (Å²) >= 11 is 0.648. The zero-order valence-electron chi connectivity index (χ0n) is 9.06. The molecule has 0 spiro atoms. The van der Waals surface area contributed by atoms with E-state index in [0.717, 1.165) is 6.42 Å². The second kappa shape index (κ2) is 7.62. The van der Waals surface area contributed by atoms with Crippen LogP contribution in [0.25, 0.3) is 0 Å². The number of rotatable bonds is 8. The van der Waals surface area contributed by atoms with Crippen molar-refractivity contribution in [1.82, 2.24) is 10.6 Å². The number of phosphoric acid groups is 1. The Morgan fingerprint density at radius 3 is 2.33 bits per heavy atom. The third-order valence-electron chi connectivity index (χ3n) is 1.77. The fourth-order valence-corrected chi connectivity index (χ4v) is 2.14. The summed E-state index contributed by atoms with van der Waals surface area (Å²) in [6.07, 6.45) is 1.58. The minimum Gasteiger partial charge on any atom is -0.789 e. The van der Waals surface area contributed by atoms with E-state index in [1.807, 2.05) is 13.8 Å². The van der Waals surface area contributed by atoms with Crippen LogP contribution in [-0.4, -0.2) is 18.6 Å². The molecule has 15 heavy (non-hydrogen) atoms. The maximum atomic E-state index is 10.3. The van der Waals surface area contributed by atoms with E-state index in [4.69, 9.17) is 0 Å². The first-order valence-electron chi connectivity index (χ1n) is 4.73. The van der Waals surface area contributed by atoms with Gasteiger partial charge in [0.2, 0.25) is 0 Å². The highest BCUT2D eigenvalue weighted by Crippen LogP contribution is 2.34. The van der Waals surface area contributed by atoms with Gasteiger partial charge in [-0.3, -0.25) is 9.29 Å². The zero-order valence-corrected chi connectivity index (χ0v) is 10.8. The third kappa shape index (κ3) is 8.21. The van der Waals surface area contributed by atoms with Crippen LogP contribution in [0.5, 0.6) is 0 Å². The van der Waals surface area contributed by atoms with Crippen molar-refractivity contribution < 1.29 is 18.3 Å². The second-order valence-electron chi connectivity index (χ2n) is 2.93. The summed E-state index contributed by atoms with van der Waals surface area (Å²) in [7, 11) is -3.09. The van der Waals surface area contributed by atoms with Crippen LogP contribution in [0.2, 0.25) is 0 Å². The van der Waals surface area contributed by atoms with Crippen LogP contribution in [-0.2, 0) is 8.54 Å². The van der Waals surface area contributed by atoms with Gasteiger partial charge in [-0.15, -0.1) is 0 Å². The smallest absolute Gasteiger partial charge is 0.0811 e. The number of hydrogen-bond donors (Lipinski definition) is 2. The Morgan fingerprint density at radius 2 is 2.00 bits per heavy atom. The van der Waals surface area contributed by atoms with Gasteiger partial charge in [0.25, 0.3) is 0 Å². The number of nitrogens with one attached hydrogen (secondary N) is 2. The summed E-state index contributed by atoms with van der Waals surface area (Å²) in [4.78, 5) is 20.5. The van der Waals surface area contributed by atoms with Gasteiger partial charge in [-0.05, 0) is 19.9 Å². The molecule has 8 heteroatoms. The van der Waals surface area contributed by atoms with Gasteiger partial charge in [0.1, 0.15) is 0 Å². The van der Waals surface area contributed by atoms with Crippen molar-refractivity contribution >= 4 is 19.9 Å². The van der Waals surface area contributed by atoms with Crippen LogP contribution in [0.1, 0.15) is 26.7 Å². The van der Waals surface area contributed by atoms with Crippen molar-refractivity contribution in [2.75, 3.05) is 7.05 Å². The summed E-state index contributed by atoms with van der Waals surface area (Å²) < 4.78 is 14.4. The molecule has 0 bridgehead atoms. The van der Waals surface area contributed by atoms with E-state index < -0.39 is 7.82 Å². The molecule has 2 N–H and O–H groups in total. The van der Waals surface area contributed by atoms with Crippen molar-refractivity contribution in [3.63, 3.8) is 0 Å². The highest BCUT2D eigenvalue weighted by molar-refractivity contribution is 7.98. The first kappa shape index (κ1) is 15.4. The standard InChI is InChI=1S/C7H19N2O4PS/c1-4-6(8-3)9-7(5-2)15-13-14(10,11)12/h6-9H,4-5H2,1-3H3,(H2,10,11,12)/p-2. The van der Waals surface area contributed by atoms with Crippen molar-refractivity contribution in [1.29, 1.82) is 0 Å². The molecule has 0 aliphatic rings. The van der Waals surface area contributed by atoms with Gasteiger partial charge < -0.3 is 19.7 Å². The lowest BCUT2D eigenvalue weighted by molar-refractivity contribution is -0.332. The number of hydrogen-bond acceptors (Lipinski definition) is 7. The van der Waals surface area contributed by atoms with E-state index in [2.05, 4.69) is 14.6 Å². The summed E-state index contributed by atoms with van der Waals surface area (Å²) in [5.41, 5.74) is 0. The minimum atomic E-state index is -4.89. The maximum Gasteiger partial charge on any atom is 0.0811 e. The summed E-state index contributed by atoms with van der Waals surface area (Å²) in [6, 6.07) is 0. The molecule has 0 aromatic heterocycles. The summed E-state index contributed by atoms with van der Waals surface area (Å²) in [6.45, 7) is 3.86. The molecule has 0 aromatic rings. The van der Waals surface area contributed by atoms with Crippen LogP contribution >= 0.6 is 19.9 Å². The van der Waals surface area contributed by atoms with Gasteiger partial charge in [0, 0.05) is 12.0 Å². The van der Waals surface area contributed by atoms with Gasteiger partial charge in [0.05, 0.1) is 19.4 Å². The van der Waals surface area contributed by atoms with E-state index in [0.29, 0.717) is 18.5 Å². The molecule has 0 rings (SSSR count). The van der Waals surface area contributed by atoms with Gasteiger partial charge in [-0.1, -0.05) is 13.8 Å². The molecule has 0 fully saturated rings. The van der Waals surface area contributed by atoms with E-state index in [1.165, 1.54) is 0 Å². The highest BCUT2D eigenvalue weighted by atomic mass is 32.2. The van der Waals surface area contributed by atoms with Crippen molar-refractivity contribution in [2.24, 2.45) is 0 Å². The quantitative estimate of drug-likeness (QED) is 0.351. The molecule has 0 amide bonds. The van der Waals surface area contributed by atoms with Crippen LogP contribution < -0.4 is 20.4 Å². The lowest BCUT2D eigenvalue weighted by Gasteiger charge is -2.30. The average Bonchev–Trinajstić information content (AvgIpc) is 2.17. The lowest BCUT2D eigenvalue weighted by atomic mass is 10.3. The molecular formula is C7H17N2O4PS-2. The van der Waals surface area contributed by atoms with Crippen LogP contribution in [0.3, 0.4) is 0 Å². The zero-order chi connectivity index (χ0) is 11.9. The van der Waals surface area contributed by atoms with E-state index in [9.17, 15) is 14.4 Å². The second-order valence-corrected chi connectivity index (χ2v) is 5.18. The fraction of sp³-hybridized carbons (Fsp3) is 1.00. The molecular weight excluding hydrogens is 239 g/mol. The molecule has 0 aromatic carbocycles. The van der Waals surface area contributed by atoms with Crippen LogP contribution in [0.4, 0.5) is 0 Å². The van der Waals surface area contributed by atoms with E-state index in [-0.39, 0.29) is 11.5 Å². The van der Waals surface area contributed by atoms with Gasteiger partial charge in [-0.2, -0.15) is 0 Å². The Morgan fingerprint density at radius 1 is 1.40 bits per heavy atom. The van der Waals surface area contributed by atoms with Gasteiger partial charge in [0.15, 0.2) is 0 Å². The minimum absolute atomic E-state index is 0.0729. The molecule has 0 saturated heterocycles. The van der Waals surface area contributed by atoms with Gasteiger partial charge >= 0.3 is 0 Å². The van der Waals surface area contributed by atoms with E-state index >= 15 is 0 Å². The summed E-state index contributed by atoms with van der Waals surface area (Å²) in [5, 5.41) is 5.89. The monoisotopic (exact) mass is 256 g/mol. The molecule has 0 radical (unpaired) electrons. The van der Waals surface area contributed by atoms with Crippen LogP contribution in [0, 0.1) is 0 Å². The molecule has 0 aliphatic heterocycles. The highest BCUT2D eigenvalue weighted by Gasteiger charge is 2.12. The predicted octanol–water partition coefficient (Wildman–Crippen LogP) is -0.239. The first-order chi connectivity index (χ1) is 6.92.